The second kappa shape index (κ2) is 14.6. The quantitative estimate of drug-likeness (QED) is 0.270. The summed E-state index contributed by atoms with van der Waals surface area (Å²) < 4.78 is 21.1. The monoisotopic (exact) mass is 621 g/mol. The first-order valence-electron chi connectivity index (χ1n) is 7.02. The smallest absolute Gasteiger partial charge is 0.691 e. The minimum Gasteiger partial charge on any atom is -0.691 e. The maximum absolute atomic E-state index is 5.27. The van der Waals surface area contributed by atoms with Gasteiger partial charge in [-0.3, -0.25) is 0 Å². The van der Waals surface area contributed by atoms with Crippen LogP contribution in [-0.2, 0) is 87.3 Å². The van der Waals surface area contributed by atoms with E-state index in [1.807, 2.05) is 55.4 Å². The van der Waals surface area contributed by atoms with E-state index in [1.54, 1.807) is 0 Å². The Balaban J connectivity index is -0.000000333. The second-order valence-corrected chi connectivity index (χ2v) is 15.3. The van der Waals surface area contributed by atoms with Crippen molar-refractivity contribution < 1.29 is 39.2 Å². The summed E-state index contributed by atoms with van der Waals surface area (Å²) in [5.74, 6) is 0. The molecule has 23 heavy (non-hydrogen) atoms. The van der Waals surface area contributed by atoms with Gasteiger partial charge >= 0.3 is 21.1 Å². The molecular weight excluding hydrogens is 593 g/mol. The van der Waals surface area contributed by atoms with Crippen molar-refractivity contribution in [3.63, 3.8) is 0 Å². The fraction of sp³-hybridized carbons (Fsp3) is 1.00. The Morgan fingerprint density at radius 2 is 0.696 bits per heavy atom. The third-order valence-electron chi connectivity index (χ3n) is 1.36. The number of rotatable bonds is 8. The molecule has 0 fully saturated rings. The molecule has 0 heterocycles. The van der Waals surface area contributed by atoms with E-state index < -0.39 is 11.4 Å². The minimum absolute atomic E-state index is 0. The molecule has 0 rings (SSSR count). The largest absolute Gasteiger partial charge is 2.00 e. The van der Waals surface area contributed by atoms with Crippen LogP contribution in [0.2, 0.25) is 0 Å². The Labute approximate surface area is 177 Å². The summed E-state index contributed by atoms with van der Waals surface area (Å²) in [6, 6.07) is 0. The third kappa shape index (κ3) is 24.5. The molecule has 0 saturated carbocycles. The molecule has 0 saturated heterocycles. The Morgan fingerprint density at radius 3 is 0.783 bits per heavy atom. The molecular formula is C12H28O4P2PtS4. The van der Waals surface area contributed by atoms with E-state index in [9.17, 15) is 0 Å². The van der Waals surface area contributed by atoms with Crippen LogP contribution < -0.4 is 0 Å². The standard InChI is InChI=1S/2C6H15O2PS2.Pt/c2*1-5(2)7-9(10,11)8-6(3)4;/h2*5-6H,1-4H3,(H,10,11);/q;;+2/p-2. The predicted molar refractivity (Wildman–Crippen MR) is 108 cm³/mol. The predicted octanol–water partition coefficient (Wildman–Crippen LogP) is 5.21. The normalized spacial score (nSPS) is 12.4. The zero-order chi connectivity index (χ0) is 18.1. The van der Waals surface area contributed by atoms with Gasteiger partial charge in [0.05, 0.1) is 35.8 Å². The van der Waals surface area contributed by atoms with Crippen molar-refractivity contribution in [1.82, 2.24) is 0 Å². The van der Waals surface area contributed by atoms with Crippen LogP contribution in [0, 0.1) is 0 Å². The summed E-state index contributed by atoms with van der Waals surface area (Å²) in [4.78, 5) is 0. The van der Waals surface area contributed by atoms with E-state index in [1.165, 1.54) is 0 Å². The number of hydrogen-bond donors (Lipinski definition) is 0. The second-order valence-electron chi connectivity index (χ2n) is 5.51. The van der Waals surface area contributed by atoms with Crippen molar-refractivity contribution >= 4 is 59.5 Å². The van der Waals surface area contributed by atoms with Gasteiger partial charge in [-0.15, -0.1) is 0 Å². The maximum atomic E-state index is 5.27. The molecule has 0 unspecified atom stereocenters. The van der Waals surface area contributed by atoms with E-state index in [2.05, 4.69) is 0 Å². The van der Waals surface area contributed by atoms with Crippen molar-refractivity contribution in [1.29, 1.82) is 0 Å². The third-order valence-corrected chi connectivity index (χ3v) is 6.14. The van der Waals surface area contributed by atoms with Crippen molar-refractivity contribution in [2.75, 3.05) is 0 Å². The fourth-order valence-electron chi connectivity index (χ4n) is 1.08. The first-order chi connectivity index (χ1) is 9.67. The van der Waals surface area contributed by atoms with Crippen LogP contribution in [0.15, 0.2) is 0 Å². The molecule has 0 spiro atoms. The number of hydrogen-bond acceptors (Lipinski definition) is 8. The van der Waals surface area contributed by atoms with Crippen LogP contribution in [0.4, 0.5) is 0 Å². The maximum Gasteiger partial charge on any atom is 2.00 e. The van der Waals surface area contributed by atoms with Crippen LogP contribution in [0.25, 0.3) is 0 Å². The summed E-state index contributed by atoms with van der Waals surface area (Å²) in [7, 11) is 0. The van der Waals surface area contributed by atoms with Crippen LogP contribution in [0.3, 0.4) is 0 Å². The van der Waals surface area contributed by atoms with Gasteiger partial charge in [0.1, 0.15) is 0 Å². The van der Waals surface area contributed by atoms with Crippen molar-refractivity contribution in [3.8, 4) is 0 Å². The van der Waals surface area contributed by atoms with Gasteiger partial charge < -0.3 is 42.6 Å². The van der Waals surface area contributed by atoms with Gasteiger partial charge in [0, 0.05) is 0 Å². The van der Waals surface area contributed by atoms with E-state index in [4.69, 9.17) is 66.2 Å². The van der Waals surface area contributed by atoms with Crippen molar-refractivity contribution in [2.24, 2.45) is 0 Å². The Morgan fingerprint density at radius 1 is 0.565 bits per heavy atom. The van der Waals surface area contributed by atoms with Gasteiger partial charge in [-0.05, 0) is 55.4 Å². The van der Waals surface area contributed by atoms with E-state index in [0.29, 0.717) is 0 Å². The topological polar surface area (TPSA) is 36.9 Å². The molecule has 0 aliphatic rings. The van der Waals surface area contributed by atoms with E-state index in [0.717, 1.165) is 0 Å². The molecule has 0 radical (unpaired) electrons. The van der Waals surface area contributed by atoms with Gasteiger partial charge in [-0.1, -0.05) is 23.6 Å². The molecule has 0 aromatic rings. The van der Waals surface area contributed by atoms with Gasteiger partial charge in [-0.2, -0.15) is 0 Å². The van der Waals surface area contributed by atoms with Crippen LogP contribution in [0.1, 0.15) is 55.4 Å². The molecule has 11 heteroatoms. The molecule has 0 aliphatic carbocycles. The van der Waals surface area contributed by atoms with E-state index in [-0.39, 0.29) is 45.5 Å². The van der Waals surface area contributed by atoms with Crippen LogP contribution in [-0.4, -0.2) is 24.4 Å². The Hall–Kier alpha value is 2.53. The molecule has 0 amide bonds. The first-order valence-corrected chi connectivity index (χ1v) is 14.3. The van der Waals surface area contributed by atoms with Gasteiger partial charge in [0.15, 0.2) is 0 Å². The molecule has 0 aromatic carbocycles. The summed E-state index contributed by atoms with van der Waals surface area (Å²) in [5, 5.41) is 0. The molecule has 0 aromatic heterocycles. The van der Waals surface area contributed by atoms with Gasteiger partial charge in [-0.25, -0.2) is 0 Å². The SMILES string of the molecule is CC(C)OP(=S)([S-])OC(C)C.CC(C)OP(=S)([S-])OC(C)C.[Pt+2]. The molecule has 4 nitrogen and oxygen atoms in total. The zero-order valence-corrected chi connectivity index (χ0v) is 22.1. The average molecular weight is 622 g/mol. The molecule has 0 N–H and O–H groups in total. The Bertz CT molecular complexity index is 331. The Kier molecular flexibility index (Phi) is 19.2. The summed E-state index contributed by atoms with van der Waals surface area (Å²) in [6.07, 6.45) is 0.211. The molecule has 0 bridgehead atoms. The van der Waals surface area contributed by atoms with Gasteiger partial charge in [0.25, 0.3) is 0 Å². The molecule has 0 atom stereocenters. The summed E-state index contributed by atoms with van der Waals surface area (Å²) in [6.45, 7) is 15.2. The minimum atomic E-state index is -2.39. The first kappa shape index (κ1) is 30.3. The van der Waals surface area contributed by atoms with E-state index >= 15 is 0 Å². The molecule has 0 aliphatic heterocycles. The van der Waals surface area contributed by atoms with Crippen molar-refractivity contribution in [3.05, 3.63) is 0 Å². The fourth-order valence-corrected chi connectivity index (χ4v) is 7.38. The zero-order valence-electron chi connectivity index (χ0n) is 14.8. The molecule has 144 valence electrons. The summed E-state index contributed by atoms with van der Waals surface area (Å²) in [5.41, 5.74) is -4.78. The average Bonchev–Trinajstić information content (AvgIpc) is 2.06. The van der Waals surface area contributed by atoms with Crippen LogP contribution in [0.5, 0.6) is 0 Å². The van der Waals surface area contributed by atoms with Crippen LogP contribution >= 0.6 is 11.4 Å². The van der Waals surface area contributed by atoms with Gasteiger partial charge in [0.2, 0.25) is 0 Å². The van der Waals surface area contributed by atoms with Crippen molar-refractivity contribution in [2.45, 2.75) is 79.8 Å². The summed E-state index contributed by atoms with van der Waals surface area (Å²) >= 11 is 19.9.